The number of fused-ring (bicyclic) bond motifs is 1. The van der Waals surface area contributed by atoms with Crippen LogP contribution < -0.4 is 10.6 Å². The summed E-state index contributed by atoms with van der Waals surface area (Å²) in [4.78, 5) is 2.42. The van der Waals surface area contributed by atoms with Crippen LogP contribution in [-0.4, -0.2) is 6.54 Å². The van der Waals surface area contributed by atoms with Gasteiger partial charge in [0.25, 0.3) is 0 Å². The fourth-order valence-corrected chi connectivity index (χ4v) is 2.87. The number of aryl methyl sites for hydroxylation is 1. The van der Waals surface area contributed by atoms with Crippen molar-refractivity contribution in [3.8, 4) is 0 Å². The Labute approximate surface area is 114 Å². The number of para-hydroxylation sites is 1. The van der Waals surface area contributed by atoms with Crippen molar-refractivity contribution in [3.05, 3.63) is 53.6 Å². The lowest BCUT2D eigenvalue weighted by atomic mass is 10.1. The van der Waals surface area contributed by atoms with E-state index in [1.165, 1.54) is 41.8 Å². The molecule has 0 bridgehead atoms. The monoisotopic (exact) mass is 252 g/mol. The second-order valence-corrected chi connectivity index (χ2v) is 5.23. The van der Waals surface area contributed by atoms with Crippen LogP contribution in [0, 0.1) is 6.92 Å². The minimum atomic E-state index is 0.874. The molecule has 3 rings (SSSR count). The van der Waals surface area contributed by atoms with Crippen molar-refractivity contribution in [2.24, 2.45) is 0 Å². The third-order valence-electron chi connectivity index (χ3n) is 4.00. The number of nitrogens with zero attached hydrogens (tertiary/aromatic N) is 1. The van der Waals surface area contributed by atoms with Gasteiger partial charge < -0.3 is 10.6 Å². The van der Waals surface area contributed by atoms with E-state index in [-0.39, 0.29) is 0 Å². The van der Waals surface area contributed by atoms with Crippen molar-refractivity contribution in [1.82, 2.24) is 0 Å². The van der Waals surface area contributed by atoms with Gasteiger partial charge in [0, 0.05) is 23.6 Å². The molecule has 1 aliphatic rings. The van der Waals surface area contributed by atoms with Crippen molar-refractivity contribution in [3.63, 3.8) is 0 Å². The summed E-state index contributed by atoms with van der Waals surface area (Å²) in [7, 11) is 0. The standard InChI is InChI=1S/C17H20N2/c1-13-15(18)9-6-11-16(13)19-12-5-4-8-14-7-2-3-10-17(14)19/h2-3,6-7,9-11H,4-5,8,12,18H2,1H3. The number of rotatable bonds is 1. The van der Waals surface area contributed by atoms with Gasteiger partial charge in [0.15, 0.2) is 0 Å². The van der Waals surface area contributed by atoms with Gasteiger partial charge in [-0.2, -0.15) is 0 Å². The molecule has 2 N–H and O–H groups in total. The molecule has 2 aromatic carbocycles. The van der Waals surface area contributed by atoms with E-state index >= 15 is 0 Å². The Bertz CT molecular complexity index is 590. The lowest BCUT2D eigenvalue weighted by Gasteiger charge is -2.27. The Balaban J connectivity index is 2.12. The molecule has 0 aliphatic carbocycles. The summed E-state index contributed by atoms with van der Waals surface area (Å²) in [5.74, 6) is 0. The number of nitrogen functional groups attached to an aromatic ring is 1. The molecule has 0 fully saturated rings. The second-order valence-electron chi connectivity index (χ2n) is 5.23. The Morgan fingerprint density at radius 2 is 1.74 bits per heavy atom. The predicted molar refractivity (Wildman–Crippen MR) is 82.0 cm³/mol. The Morgan fingerprint density at radius 1 is 0.947 bits per heavy atom. The molecule has 1 aliphatic heterocycles. The van der Waals surface area contributed by atoms with Gasteiger partial charge in [-0.3, -0.25) is 0 Å². The molecule has 1 heterocycles. The molecule has 0 unspecified atom stereocenters. The fraction of sp³-hybridized carbons (Fsp3) is 0.294. The largest absolute Gasteiger partial charge is 0.398 e. The van der Waals surface area contributed by atoms with Crippen LogP contribution in [0.4, 0.5) is 17.1 Å². The van der Waals surface area contributed by atoms with E-state index in [1.54, 1.807) is 0 Å². The number of anilines is 3. The van der Waals surface area contributed by atoms with Crippen molar-refractivity contribution in [1.29, 1.82) is 0 Å². The summed E-state index contributed by atoms with van der Waals surface area (Å²) in [5.41, 5.74) is 12.1. The molecule has 0 saturated carbocycles. The summed E-state index contributed by atoms with van der Waals surface area (Å²) >= 11 is 0. The van der Waals surface area contributed by atoms with Crippen LogP contribution >= 0.6 is 0 Å². The van der Waals surface area contributed by atoms with Crippen molar-refractivity contribution in [2.45, 2.75) is 26.2 Å². The summed E-state index contributed by atoms with van der Waals surface area (Å²) in [6.45, 7) is 3.18. The topological polar surface area (TPSA) is 29.3 Å². The van der Waals surface area contributed by atoms with Gasteiger partial charge in [0.05, 0.1) is 0 Å². The van der Waals surface area contributed by atoms with Crippen molar-refractivity contribution in [2.75, 3.05) is 17.2 Å². The molecule has 0 atom stereocenters. The lowest BCUT2D eigenvalue weighted by molar-refractivity contribution is 0.760. The van der Waals surface area contributed by atoms with Gasteiger partial charge >= 0.3 is 0 Å². The molecule has 0 spiro atoms. The lowest BCUT2D eigenvalue weighted by Crippen LogP contribution is -2.19. The van der Waals surface area contributed by atoms with Crippen molar-refractivity contribution < 1.29 is 0 Å². The van der Waals surface area contributed by atoms with Crippen LogP contribution in [0.5, 0.6) is 0 Å². The van der Waals surface area contributed by atoms with Gasteiger partial charge in [-0.1, -0.05) is 24.3 Å². The second kappa shape index (κ2) is 4.96. The highest BCUT2D eigenvalue weighted by Crippen LogP contribution is 2.35. The highest BCUT2D eigenvalue weighted by molar-refractivity contribution is 5.73. The third kappa shape index (κ3) is 2.19. The van der Waals surface area contributed by atoms with Gasteiger partial charge in [-0.05, 0) is 55.5 Å². The summed E-state index contributed by atoms with van der Waals surface area (Å²) in [6, 6.07) is 14.9. The average Bonchev–Trinajstić information content (AvgIpc) is 2.64. The molecule has 19 heavy (non-hydrogen) atoms. The Kier molecular flexibility index (Phi) is 3.16. The molecule has 0 saturated heterocycles. The maximum absolute atomic E-state index is 6.06. The molecular formula is C17H20N2. The number of hydrogen-bond acceptors (Lipinski definition) is 2. The van der Waals surface area contributed by atoms with E-state index in [0.717, 1.165) is 12.2 Å². The van der Waals surface area contributed by atoms with Crippen molar-refractivity contribution >= 4 is 17.1 Å². The zero-order valence-electron chi connectivity index (χ0n) is 11.4. The number of benzene rings is 2. The molecular weight excluding hydrogens is 232 g/mol. The van der Waals surface area contributed by atoms with Crippen LogP contribution in [0.3, 0.4) is 0 Å². The first-order valence-electron chi connectivity index (χ1n) is 6.98. The van der Waals surface area contributed by atoms with Crippen LogP contribution in [0.15, 0.2) is 42.5 Å². The molecule has 0 aromatic heterocycles. The highest BCUT2D eigenvalue weighted by Gasteiger charge is 2.18. The first-order valence-corrected chi connectivity index (χ1v) is 6.98. The molecule has 98 valence electrons. The molecule has 2 heteroatoms. The fourth-order valence-electron chi connectivity index (χ4n) is 2.87. The smallest absolute Gasteiger partial charge is 0.0461 e. The first kappa shape index (κ1) is 12.1. The molecule has 2 aromatic rings. The highest BCUT2D eigenvalue weighted by atomic mass is 15.1. The summed E-state index contributed by atoms with van der Waals surface area (Å²) in [6.07, 6.45) is 3.66. The van der Waals surface area contributed by atoms with Gasteiger partial charge in [-0.25, -0.2) is 0 Å². The van der Waals surface area contributed by atoms with Crippen LogP contribution in [0.1, 0.15) is 24.0 Å². The van der Waals surface area contributed by atoms with Gasteiger partial charge in [0.1, 0.15) is 0 Å². The maximum atomic E-state index is 6.06. The quantitative estimate of drug-likeness (QED) is 0.776. The van der Waals surface area contributed by atoms with E-state index in [2.05, 4.69) is 42.2 Å². The van der Waals surface area contributed by atoms with E-state index < -0.39 is 0 Å². The molecule has 0 radical (unpaired) electrons. The zero-order chi connectivity index (χ0) is 13.2. The third-order valence-corrected chi connectivity index (χ3v) is 4.00. The minimum absolute atomic E-state index is 0.874. The van der Waals surface area contributed by atoms with E-state index in [0.29, 0.717) is 0 Å². The SMILES string of the molecule is Cc1c(N)cccc1N1CCCCc2ccccc21. The van der Waals surface area contributed by atoms with Crippen LogP contribution in [0.2, 0.25) is 0 Å². The normalized spacial score (nSPS) is 14.9. The predicted octanol–water partition coefficient (Wildman–Crippen LogP) is 4.05. The molecule has 0 amide bonds. The van der Waals surface area contributed by atoms with E-state index in [4.69, 9.17) is 5.73 Å². The van der Waals surface area contributed by atoms with E-state index in [1.807, 2.05) is 12.1 Å². The Morgan fingerprint density at radius 3 is 2.63 bits per heavy atom. The first-order chi connectivity index (χ1) is 9.27. The van der Waals surface area contributed by atoms with Gasteiger partial charge in [0.2, 0.25) is 0 Å². The Hall–Kier alpha value is -1.96. The summed E-state index contributed by atoms with van der Waals surface area (Å²) < 4.78 is 0. The van der Waals surface area contributed by atoms with Crippen LogP contribution in [0.25, 0.3) is 0 Å². The molecule has 2 nitrogen and oxygen atoms in total. The zero-order valence-corrected chi connectivity index (χ0v) is 11.4. The van der Waals surface area contributed by atoms with E-state index in [9.17, 15) is 0 Å². The van der Waals surface area contributed by atoms with Gasteiger partial charge in [-0.15, -0.1) is 0 Å². The maximum Gasteiger partial charge on any atom is 0.0461 e. The minimum Gasteiger partial charge on any atom is -0.398 e. The number of hydrogen-bond donors (Lipinski definition) is 1. The summed E-state index contributed by atoms with van der Waals surface area (Å²) in [5, 5.41) is 0. The van der Waals surface area contributed by atoms with Crippen LogP contribution in [-0.2, 0) is 6.42 Å². The number of nitrogens with two attached hydrogens (primary N) is 1. The average molecular weight is 252 g/mol.